The third-order valence-electron chi connectivity index (χ3n) is 6.66. The van der Waals surface area contributed by atoms with Gasteiger partial charge in [-0.25, -0.2) is 0 Å². The highest BCUT2D eigenvalue weighted by Gasteiger charge is 2.24. The zero-order valence-corrected chi connectivity index (χ0v) is 24.5. The van der Waals surface area contributed by atoms with Crippen molar-refractivity contribution >= 4 is 23.4 Å². The third-order valence-corrected chi connectivity index (χ3v) is 7.03. The Morgan fingerprint density at radius 2 is 1.72 bits per heavy atom. The number of ether oxygens (including phenoxy) is 1. The summed E-state index contributed by atoms with van der Waals surface area (Å²) in [5, 5.41) is 0.723. The molecule has 39 heavy (non-hydrogen) atoms. The van der Waals surface area contributed by atoms with Crippen LogP contribution < -0.4 is 0 Å². The molecule has 2 aromatic carbocycles. The highest BCUT2D eigenvalue weighted by atomic mass is 35.5. The standard InChI is InChI=1S/C32H42ClN3O3/c1-5-26-14-16-27(17-15-26)32(38)35(19-10-20-39-6-2)24-31(37)36(21-25(3)4)23-29-12-9-18-34(29)22-28-11-7-8-13-30(28)33/h7-9,11-18,25H,5-6,10,19-24H2,1-4H3. The number of carbonyl (C=O) groups excluding carboxylic acids is 2. The molecular weight excluding hydrogens is 510 g/mol. The summed E-state index contributed by atoms with van der Waals surface area (Å²) < 4.78 is 7.63. The van der Waals surface area contributed by atoms with Crippen molar-refractivity contribution in [3.8, 4) is 0 Å². The largest absolute Gasteiger partial charge is 0.382 e. The number of hydrogen-bond donors (Lipinski definition) is 0. The van der Waals surface area contributed by atoms with Crippen LogP contribution in [0.2, 0.25) is 5.02 Å². The van der Waals surface area contributed by atoms with Crippen LogP contribution in [0.25, 0.3) is 0 Å². The van der Waals surface area contributed by atoms with Crippen molar-refractivity contribution in [2.24, 2.45) is 5.92 Å². The van der Waals surface area contributed by atoms with E-state index in [0.29, 0.717) is 51.4 Å². The number of nitrogens with zero attached hydrogens (tertiary/aromatic N) is 3. The van der Waals surface area contributed by atoms with Crippen LogP contribution in [0.15, 0.2) is 66.9 Å². The fraction of sp³-hybridized carbons (Fsp3) is 0.438. The summed E-state index contributed by atoms with van der Waals surface area (Å²) >= 11 is 6.41. The second kappa shape index (κ2) is 15.5. The van der Waals surface area contributed by atoms with Crippen molar-refractivity contribution < 1.29 is 14.3 Å². The average Bonchev–Trinajstić information content (AvgIpc) is 3.37. The van der Waals surface area contributed by atoms with Crippen LogP contribution in [-0.4, -0.2) is 59.0 Å². The van der Waals surface area contributed by atoms with Crippen molar-refractivity contribution in [1.29, 1.82) is 0 Å². The first-order valence-corrected chi connectivity index (χ1v) is 14.3. The predicted octanol–water partition coefficient (Wildman–Crippen LogP) is 6.31. The topological polar surface area (TPSA) is 54.8 Å². The number of aromatic nitrogens is 1. The van der Waals surface area contributed by atoms with E-state index >= 15 is 0 Å². The van der Waals surface area contributed by atoms with Crippen molar-refractivity contribution in [1.82, 2.24) is 14.4 Å². The lowest BCUT2D eigenvalue weighted by molar-refractivity contribution is -0.133. The Labute approximate surface area is 238 Å². The van der Waals surface area contributed by atoms with Crippen LogP contribution in [-0.2, 0) is 29.0 Å². The highest BCUT2D eigenvalue weighted by Crippen LogP contribution is 2.19. The monoisotopic (exact) mass is 551 g/mol. The van der Waals surface area contributed by atoms with Gasteiger partial charge in [0, 0.05) is 55.3 Å². The molecule has 0 bridgehead atoms. The Bertz CT molecular complexity index is 1190. The lowest BCUT2D eigenvalue weighted by Crippen LogP contribution is -2.44. The summed E-state index contributed by atoms with van der Waals surface area (Å²) in [5.74, 6) is 0.0860. The van der Waals surface area contributed by atoms with Crippen LogP contribution in [0, 0.1) is 5.92 Å². The summed E-state index contributed by atoms with van der Waals surface area (Å²) in [6.45, 7) is 11.6. The number of carbonyl (C=O) groups is 2. The molecule has 0 N–H and O–H groups in total. The molecule has 0 atom stereocenters. The third kappa shape index (κ3) is 9.26. The maximum atomic E-state index is 13.7. The number of rotatable bonds is 15. The first-order valence-electron chi connectivity index (χ1n) is 13.9. The molecule has 6 nitrogen and oxygen atoms in total. The molecule has 0 saturated heterocycles. The maximum absolute atomic E-state index is 13.7. The van der Waals surface area contributed by atoms with E-state index in [1.165, 1.54) is 5.56 Å². The fourth-order valence-electron chi connectivity index (χ4n) is 4.53. The summed E-state index contributed by atoms with van der Waals surface area (Å²) in [6.07, 6.45) is 3.60. The number of halogens is 1. The van der Waals surface area contributed by atoms with Gasteiger partial charge < -0.3 is 19.1 Å². The van der Waals surface area contributed by atoms with Gasteiger partial charge in [-0.05, 0) is 67.1 Å². The molecule has 0 aliphatic carbocycles. The van der Waals surface area contributed by atoms with E-state index in [4.69, 9.17) is 16.3 Å². The zero-order valence-electron chi connectivity index (χ0n) is 23.7. The molecule has 7 heteroatoms. The number of benzene rings is 2. The van der Waals surface area contributed by atoms with E-state index in [1.54, 1.807) is 4.90 Å². The Balaban J connectivity index is 1.78. The van der Waals surface area contributed by atoms with Gasteiger partial charge in [-0.3, -0.25) is 9.59 Å². The van der Waals surface area contributed by atoms with Gasteiger partial charge in [0.05, 0.1) is 6.54 Å². The second-order valence-electron chi connectivity index (χ2n) is 10.2. The fourth-order valence-corrected chi connectivity index (χ4v) is 4.73. The Hall–Kier alpha value is -3.09. The van der Waals surface area contributed by atoms with E-state index in [0.717, 1.165) is 22.7 Å². The van der Waals surface area contributed by atoms with E-state index in [1.807, 2.05) is 78.7 Å². The van der Waals surface area contributed by atoms with Gasteiger partial charge in [-0.1, -0.05) is 62.7 Å². The zero-order chi connectivity index (χ0) is 28.2. The average molecular weight is 552 g/mol. The minimum absolute atomic E-state index is 0.0262. The van der Waals surface area contributed by atoms with Crippen LogP contribution in [0.5, 0.6) is 0 Å². The van der Waals surface area contributed by atoms with Gasteiger partial charge in [-0.15, -0.1) is 0 Å². The first kappa shape index (κ1) is 30.5. The second-order valence-corrected chi connectivity index (χ2v) is 10.6. The number of hydrogen-bond acceptors (Lipinski definition) is 3. The predicted molar refractivity (Wildman–Crippen MR) is 158 cm³/mol. The van der Waals surface area contributed by atoms with Crippen LogP contribution in [0.4, 0.5) is 0 Å². The normalized spacial score (nSPS) is 11.1. The molecule has 3 rings (SSSR count). The van der Waals surface area contributed by atoms with Crippen molar-refractivity contribution in [2.45, 2.75) is 53.6 Å². The lowest BCUT2D eigenvalue weighted by Gasteiger charge is -2.29. The number of aryl methyl sites for hydroxylation is 1. The highest BCUT2D eigenvalue weighted by molar-refractivity contribution is 6.31. The number of amides is 2. The molecule has 0 aliphatic heterocycles. The van der Waals surface area contributed by atoms with E-state index in [-0.39, 0.29) is 24.3 Å². The Morgan fingerprint density at radius 3 is 2.38 bits per heavy atom. The van der Waals surface area contributed by atoms with Crippen molar-refractivity contribution in [3.63, 3.8) is 0 Å². The van der Waals surface area contributed by atoms with Gasteiger partial charge in [0.1, 0.15) is 6.54 Å². The maximum Gasteiger partial charge on any atom is 0.254 e. The molecule has 0 spiro atoms. The van der Waals surface area contributed by atoms with Crippen molar-refractivity contribution in [3.05, 3.63) is 94.3 Å². The molecule has 0 aliphatic rings. The minimum Gasteiger partial charge on any atom is -0.382 e. The van der Waals surface area contributed by atoms with Crippen LogP contribution in [0.1, 0.15) is 61.3 Å². The van der Waals surface area contributed by atoms with E-state index < -0.39 is 0 Å². The molecule has 0 unspecified atom stereocenters. The quantitative estimate of drug-likeness (QED) is 0.208. The summed E-state index contributed by atoms with van der Waals surface area (Å²) in [6, 6.07) is 19.5. The van der Waals surface area contributed by atoms with Gasteiger partial charge in [0.15, 0.2) is 0 Å². The molecule has 3 aromatic rings. The summed E-state index contributed by atoms with van der Waals surface area (Å²) in [7, 11) is 0. The summed E-state index contributed by atoms with van der Waals surface area (Å²) in [5.41, 5.74) is 3.82. The molecular formula is C32H42ClN3O3. The molecule has 1 aromatic heterocycles. The van der Waals surface area contributed by atoms with Gasteiger partial charge in [-0.2, -0.15) is 0 Å². The SMILES string of the molecule is CCOCCCN(CC(=O)N(Cc1cccn1Cc1ccccc1Cl)CC(C)C)C(=O)c1ccc(CC)cc1. The smallest absolute Gasteiger partial charge is 0.254 e. The molecule has 0 radical (unpaired) electrons. The minimum atomic E-state index is -0.130. The van der Waals surface area contributed by atoms with E-state index in [9.17, 15) is 9.59 Å². The lowest BCUT2D eigenvalue weighted by atomic mass is 10.1. The van der Waals surface area contributed by atoms with Gasteiger partial charge >= 0.3 is 0 Å². The molecule has 210 valence electrons. The molecule has 0 fully saturated rings. The summed E-state index contributed by atoms with van der Waals surface area (Å²) in [4.78, 5) is 30.8. The van der Waals surface area contributed by atoms with Gasteiger partial charge in [0.2, 0.25) is 5.91 Å². The van der Waals surface area contributed by atoms with Crippen LogP contribution in [0.3, 0.4) is 0 Å². The van der Waals surface area contributed by atoms with E-state index in [2.05, 4.69) is 25.3 Å². The molecule has 1 heterocycles. The molecule has 0 saturated carbocycles. The first-order chi connectivity index (χ1) is 18.8. The molecule has 2 amide bonds. The Morgan fingerprint density at radius 1 is 0.974 bits per heavy atom. The van der Waals surface area contributed by atoms with Crippen molar-refractivity contribution in [2.75, 3.05) is 32.8 Å². The Kier molecular flexibility index (Phi) is 12.1. The van der Waals surface area contributed by atoms with Gasteiger partial charge in [0.25, 0.3) is 5.91 Å². The van der Waals surface area contributed by atoms with Crippen LogP contribution >= 0.6 is 11.6 Å².